The monoisotopic (exact) mass is 240 g/mol. The van der Waals surface area contributed by atoms with E-state index in [1.807, 2.05) is 0 Å². The molecule has 0 aliphatic rings. The molecule has 2 N–H and O–H groups in total. The zero-order chi connectivity index (χ0) is 13.0. The molecule has 1 atom stereocenters. The Morgan fingerprint density at radius 1 is 1.59 bits per heavy atom. The van der Waals surface area contributed by atoms with Gasteiger partial charge in [-0.25, -0.2) is 4.39 Å². The van der Waals surface area contributed by atoms with E-state index >= 15 is 0 Å². The maximum Gasteiger partial charge on any atom is 0.239 e. The van der Waals surface area contributed by atoms with Crippen LogP contribution in [-0.4, -0.2) is 31.0 Å². The van der Waals surface area contributed by atoms with Gasteiger partial charge in [0, 0.05) is 13.6 Å². The summed E-state index contributed by atoms with van der Waals surface area (Å²) in [6.45, 7) is 1.94. The van der Waals surface area contributed by atoms with Crippen LogP contribution in [0.3, 0.4) is 0 Å². The quantitative estimate of drug-likeness (QED) is 0.858. The number of methoxy groups -OCH3 is 1. The second-order valence-electron chi connectivity index (χ2n) is 3.95. The number of benzene rings is 1. The van der Waals surface area contributed by atoms with Crippen LogP contribution in [-0.2, 0) is 11.3 Å². The molecule has 0 unspecified atom stereocenters. The molecule has 0 heterocycles. The lowest BCUT2D eigenvalue weighted by atomic mass is 10.2. The minimum Gasteiger partial charge on any atom is -0.494 e. The van der Waals surface area contributed by atoms with Crippen molar-refractivity contribution in [1.82, 2.24) is 4.90 Å². The fourth-order valence-electron chi connectivity index (χ4n) is 1.51. The highest BCUT2D eigenvalue weighted by Crippen LogP contribution is 2.18. The van der Waals surface area contributed by atoms with Crippen molar-refractivity contribution in [2.45, 2.75) is 19.5 Å². The SMILES string of the molecule is COc1ccc(CN(C)C(=O)[C@H](C)N)cc1F. The van der Waals surface area contributed by atoms with Crippen molar-refractivity contribution in [3.8, 4) is 5.75 Å². The van der Waals surface area contributed by atoms with Crippen LogP contribution < -0.4 is 10.5 Å². The van der Waals surface area contributed by atoms with Crippen molar-refractivity contribution in [2.24, 2.45) is 5.73 Å². The van der Waals surface area contributed by atoms with Gasteiger partial charge < -0.3 is 15.4 Å². The Morgan fingerprint density at radius 3 is 2.71 bits per heavy atom. The van der Waals surface area contributed by atoms with Gasteiger partial charge in [-0.15, -0.1) is 0 Å². The van der Waals surface area contributed by atoms with Crippen LogP contribution in [0.5, 0.6) is 5.75 Å². The van der Waals surface area contributed by atoms with E-state index in [1.165, 1.54) is 24.1 Å². The number of nitrogens with zero attached hydrogens (tertiary/aromatic N) is 1. The molecule has 1 amide bonds. The number of hydrogen-bond donors (Lipinski definition) is 1. The molecule has 17 heavy (non-hydrogen) atoms. The molecule has 1 aromatic carbocycles. The zero-order valence-electron chi connectivity index (χ0n) is 10.2. The molecule has 4 nitrogen and oxygen atoms in total. The van der Waals surface area contributed by atoms with Gasteiger partial charge in [-0.2, -0.15) is 0 Å². The maximum absolute atomic E-state index is 13.4. The number of carbonyl (C=O) groups is 1. The van der Waals surface area contributed by atoms with Crippen LogP contribution in [0.1, 0.15) is 12.5 Å². The number of ether oxygens (including phenoxy) is 1. The highest BCUT2D eigenvalue weighted by molar-refractivity contribution is 5.80. The number of nitrogens with two attached hydrogens (primary N) is 1. The molecule has 0 radical (unpaired) electrons. The predicted molar refractivity (Wildman–Crippen MR) is 63.1 cm³/mol. The first-order valence-corrected chi connectivity index (χ1v) is 5.28. The molecule has 94 valence electrons. The zero-order valence-corrected chi connectivity index (χ0v) is 10.2. The minimum absolute atomic E-state index is 0.179. The van der Waals surface area contributed by atoms with Gasteiger partial charge in [0.2, 0.25) is 5.91 Å². The molecule has 1 rings (SSSR count). The fraction of sp³-hybridized carbons (Fsp3) is 0.417. The molecule has 0 aliphatic carbocycles. The summed E-state index contributed by atoms with van der Waals surface area (Å²) >= 11 is 0. The normalized spacial score (nSPS) is 12.1. The van der Waals surface area contributed by atoms with Crippen LogP contribution in [0.2, 0.25) is 0 Å². The fourth-order valence-corrected chi connectivity index (χ4v) is 1.51. The first kappa shape index (κ1) is 13.4. The molecule has 0 saturated carbocycles. The summed E-state index contributed by atoms with van der Waals surface area (Å²) in [6, 6.07) is 4.05. The summed E-state index contributed by atoms with van der Waals surface area (Å²) in [6.07, 6.45) is 0. The number of carbonyl (C=O) groups excluding carboxylic acids is 1. The van der Waals surface area contributed by atoms with E-state index < -0.39 is 11.9 Å². The van der Waals surface area contributed by atoms with E-state index in [-0.39, 0.29) is 11.7 Å². The van der Waals surface area contributed by atoms with Crippen molar-refractivity contribution < 1.29 is 13.9 Å². The highest BCUT2D eigenvalue weighted by atomic mass is 19.1. The van der Waals surface area contributed by atoms with Crippen molar-refractivity contribution in [1.29, 1.82) is 0 Å². The predicted octanol–water partition coefficient (Wildman–Crippen LogP) is 1.14. The number of halogens is 1. The van der Waals surface area contributed by atoms with E-state index in [4.69, 9.17) is 10.5 Å². The van der Waals surface area contributed by atoms with Crippen molar-refractivity contribution in [3.05, 3.63) is 29.6 Å². The molecule has 0 spiro atoms. The van der Waals surface area contributed by atoms with Gasteiger partial charge in [-0.1, -0.05) is 6.07 Å². The van der Waals surface area contributed by atoms with Crippen LogP contribution in [0.15, 0.2) is 18.2 Å². The van der Waals surface area contributed by atoms with E-state index in [2.05, 4.69) is 0 Å². The number of likely N-dealkylation sites (N-methyl/N-ethyl adjacent to an activating group) is 1. The first-order valence-electron chi connectivity index (χ1n) is 5.28. The molecule has 0 bridgehead atoms. The molecule has 0 aliphatic heterocycles. The van der Waals surface area contributed by atoms with E-state index in [0.29, 0.717) is 12.1 Å². The Kier molecular flexibility index (Phi) is 4.45. The van der Waals surface area contributed by atoms with Crippen molar-refractivity contribution in [3.63, 3.8) is 0 Å². The number of hydrogen-bond acceptors (Lipinski definition) is 3. The average Bonchev–Trinajstić information content (AvgIpc) is 2.28. The summed E-state index contributed by atoms with van der Waals surface area (Å²) in [4.78, 5) is 13.0. The van der Waals surface area contributed by atoms with Crippen molar-refractivity contribution in [2.75, 3.05) is 14.2 Å². The van der Waals surface area contributed by atoms with E-state index in [9.17, 15) is 9.18 Å². The van der Waals surface area contributed by atoms with Gasteiger partial charge in [0.05, 0.1) is 13.2 Å². The Bertz CT molecular complexity index is 407. The topological polar surface area (TPSA) is 55.6 Å². The Hall–Kier alpha value is -1.62. The first-order chi connectivity index (χ1) is 7.95. The lowest BCUT2D eigenvalue weighted by molar-refractivity contribution is -0.131. The van der Waals surface area contributed by atoms with Gasteiger partial charge in [0.1, 0.15) is 0 Å². The third-order valence-electron chi connectivity index (χ3n) is 2.40. The summed E-state index contributed by atoms with van der Waals surface area (Å²) in [7, 11) is 3.04. The van der Waals surface area contributed by atoms with Crippen LogP contribution in [0.4, 0.5) is 4.39 Å². The van der Waals surface area contributed by atoms with Crippen LogP contribution in [0.25, 0.3) is 0 Å². The van der Waals surface area contributed by atoms with Gasteiger partial charge in [-0.05, 0) is 24.6 Å². The summed E-state index contributed by atoms with van der Waals surface area (Å²) < 4.78 is 18.2. The standard InChI is InChI=1S/C12H17FN2O2/c1-8(14)12(16)15(2)7-9-4-5-11(17-3)10(13)6-9/h4-6,8H,7,14H2,1-3H3/t8-/m0/s1. The van der Waals surface area contributed by atoms with Gasteiger partial charge in [0.15, 0.2) is 11.6 Å². The maximum atomic E-state index is 13.4. The molecule has 0 aromatic heterocycles. The number of amides is 1. The summed E-state index contributed by atoms with van der Waals surface area (Å²) in [5.41, 5.74) is 6.18. The average molecular weight is 240 g/mol. The second-order valence-corrected chi connectivity index (χ2v) is 3.95. The second kappa shape index (κ2) is 5.63. The molecule has 5 heteroatoms. The minimum atomic E-state index is -0.553. The Balaban J connectivity index is 2.75. The molecule has 0 saturated heterocycles. The third-order valence-corrected chi connectivity index (χ3v) is 2.40. The lowest BCUT2D eigenvalue weighted by Crippen LogP contribution is -2.39. The largest absolute Gasteiger partial charge is 0.494 e. The smallest absolute Gasteiger partial charge is 0.239 e. The Labute approximate surface area is 100 Å². The summed E-state index contributed by atoms with van der Waals surface area (Å²) in [5, 5.41) is 0. The highest BCUT2D eigenvalue weighted by Gasteiger charge is 2.14. The van der Waals surface area contributed by atoms with Gasteiger partial charge >= 0.3 is 0 Å². The van der Waals surface area contributed by atoms with Crippen LogP contribution >= 0.6 is 0 Å². The van der Waals surface area contributed by atoms with Gasteiger partial charge in [0.25, 0.3) is 0 Å². The molecule has 0 fully saturated rings. The van der Waals surface area contributed by atoms with E-state index in [1.54, 1.807) is 20.0 Å². The Morgan fingerprint density at radius 2 is 2.24 bits per heavy atom. The lowest BCUT2D eigenvalue weighted by Gasteiger charge is -2.19. The van der Waals surface area contributed by atoms with Gasteiger partial charge in [-0.3, -0.25) is 4.79 Å². The third kappa shape index (κ3) is 3.42. The number of rotatable bonds is 4. The summed E-state index contributed by atoms with van der Waals surface area (Å²) in [5.74, 6) is -0.428. The van der Waals surface area contributed by atoms with Crippen LogP contribution in [0, 0.1) is 5.82 Å². The molecular weight excluding hydrogens is 223 g/mol. The molecular formula is C12H17FN2O2. The van der Waals surface area contributed by atoms with Crippen molar-refractivity contribution >= 4 is 5.91 Å². The van der Waals surface area contributed by atoms with E-state index in [0.717, 1.165) is 0 Å². The molecule has 1 aromatic rings.